The number of rotatable bonds is 10. The highest BCUT2D eigenvalue weighted by molar-refractivity contribution is 7.80. The molecule has 6 heteroatoms. The largest absolute Gasteiger partial charge is 0.392 e. The Balaban J connectivity index is 2.12. The van der Waals surface area contributed by atoms with Gasteiger partial charge in [0.2, 0.25) is 5.91 Å². The summed E-state index contributed by atoms with van der Waals surface area (Å²) in [6.07, 6.45) is 3.35. The Bertz CT molecular complexity index is 330. The number of thiocarbonyl (C=S) groups is 1. The van der Waals surface area contributed by atoms with Crippen LogP contribution in [0.3, 0.4) is 0 Å². The second kappa shape index (κ2) is 8.54. The van der Waals surface area contributed by atoms with E-state index in [0.717, 1.165) is 25.7 Å². The zero-order valence-electron chi connectivity index (χ0n) is 12.4. The summed E-state index contributed by atoms with van der Waals surface area (Å²) in [5.74, 6) is 0.514. The van der Waals surface area contributed by atoms with Gasteiger partial charge in [0, 0.05) is 20.3 Å². The number of nitrogens with two attached hydrogens (primary N) is 1. The first kappa shape index (κ1) is 17.3. The summed E-state index contributed by atoms with van der Waals surface area (Å²) in [7, 11) is 1.65. The van der Waals surface area contributed by atoms with Crippen molar-refractivity contribution in [3.8, 4) is 0 Å². The highest BCUT2D eigenvalue weighted by Crippen LogP contribution is 2.45. The minimum absolute atomic E-state index is 0.0107. The minimum atomic E-state index is -0.594. The Hall–Kier alpha value is -0.720. The van der Waals surface area contributed by atoms with Crippen LogP contribution >= 0.6 is 12.2 Å². The number of hydrogen-bond donors (Lipinski definition) is 2. The molecule has 1 fully saturated rings. The van der Waals surface area contributed by atoms with Crippen LogP contribution in [-0.4, -0.2) is 44.4 Å². The van der Waals surface area contributed by atoms with Crippen molar-refractivity contribution in [1.82, 2.24) is 5.32 Å². The van der Waals surface area contributed by atoms with E-state index in [4.69, 9.17) is 27.4 Å². The first-order valence-electron chi connectivity index (χ1n) is 7.18. The topological polar surface area (TPSA) is 73.6 Å². The molecule has 1 aliphatic carbocycles. The van der Waals surface area contributed by atoms with E-state index in [9.17, 15) is 4.79 Å². The van der Waals surface area contributed by atoms with Crippen LogP contribution in [0.5, 0.6) is 0 Å². The first-order chi connectivity index (χ1) is 9.53. The molecule has 0 spiro atoms. The summed E-state index contributed by atoms with van der Waals surface area (Å²) in [5, 5.41) is 2.94. The van der Waals surface area contributed by atoms with Gasteiger partial charge in [0.05, 0.1) is 23.6 Å². The normalized spacial score (nSPS) is 25.0. The highest BCUT2D eigenvalue weighted by Gasteiger charge is 2.50. The van der Waals surface area contributed by atoms with Crippen molar-refractivity contribution >= 4 is 23.1 Å². The van der Waals surface area contributed by atoms with Crippen LogP contribution in [0.15, 0.2) is 0 Å². The lowest BCUT2D eigenvalue weighted by Gasteiger charge is -2.44. The fourth-order valence-electron chi connectivity index (χ4n) is 2.57. The summed E-state index contributed by atoms with van der Waals surface area (Å²) in [6, 6.07) is 0. The predicted octanol–water partition coefficient (Wildman–Crippen LogP) is 1.25. The summed E-state index contributed by atoms with van der Waals surface area (Å²) in [4.78, 5) is 12.5. The van der Waals surface area contributed by atoms with Crippen LogP contribution in [0.4, 0.5) is 0 Å². The summed E-state index contributed by atoms with van der Waals surface area (Å²) in [5.41, 5.74) is 5.14. The number of methoxy groups -OCH3 is 1. The zero-order valence-corrected chi connectivity index (χ0v) is 13.3. The van der Waals surface area contributed by atoms with Gasteiger partial charge in [-0.1, -0.05) is 19.1 Å². The molecule has 0 aromatic carbocycles. The minimum Gasteiger partial charge on any atom is -0.392 e. The van der Waals surface area contributed by atoms with E-state index in [1.165, 1.54) is 0 Å². The van der Waals surface area contributed by atoms with Gasteiger partial charge in [-0.25, -0.2) is 0 Å². The molecule has 1 aliphatic rings. The van der Waals surface area contributed by atoms with Crippen LogP contribution in [0.25, 0.3) is 0 Å². The lowest BCUT2D eigenvalue weighted by molar-refractivity contribution is -0.132. The van der Waals surface area contributed by atoms with Gasteiger partial charge in [0.15, 0.2) is 0 Å². The van der Waals surface area contributed by atoms with E-state index in [1.54, 1.807) is 7.11 Å². The molecule has 0 radical (unpaired) electrons. The third-order valence-electron chi connectivity index (χ3n) is 3.73. The Morgan fingerprint density at radius 2 is 2.05 bits per heavy atom. The smallest absolute Gasteiger partial charge is 0.233 e. The third-order valence-corrected chi connectivity index (χ3v) is 4.12. The van der Waals surface area contributed by atoms with Gasteiger partial charge in [-0.3, -0.25) is 4.79 Å². The van der Waals surface area contributed by atoms with Gasteiger partial charge >= 0.3 is 0 Å². The average molecular weight is 302 g/mol. The molecule has 0 heterocycles. The molecular formula is C14H26N2O3S. The number of hydrogen-bond acceptors (Lipinski definition) is 4. The molecule has 0 atom stereocenters. The molecule has 0 unspecified atom stereocenters. The quantitative estimate of drug-likeness (QED) is 0.469. The van der Waals surface area contributed by atoms with Gasteiger partial charge in [0.1, 0.15) is 0 Å². The molecule has 0 aromatic rings. The van der Waals surface area contributed by atoms with Gasteiger partial charge in [0.25, 0.3) is 0 Å². The van der Waals surface area contributed by atoms with Crippen LogP contribution in [0, 0.1) is 11.3 Å². The molecule has 0 bridgehead atoms. The van der Waals surface area contributed by atoms with Crippen LogP contribution in [-0.2, 0) is 14.3 Å². The van der Waals surface area contributed by atoms with E-state index in [0.29, 0.717) is 37.3 Å². The van der Waals surface area contributed by atoms with Gasteiger partial charge < -0.3 is 20.5 Å². The number of carbonyl (C=O) groups excluding carboxylic acids is 1. The van der Waals surface area contributed by atoms with Gasteiger partial charge in [-0.05, 0) is 31.6 Å². The maximum atomic E-state index is 12.2. The average Bonchev–Trinajstić information content (AvgIpc) is 2.37. The molecule has 0 aromatic heterocycles. The monoisotopic (exact) mass is 302 g/mol. The number of unbranched alkanes of at least 4 members (excludes halogenated alkanes) is 1. The van der Waals surface area contributed by atoms with Crippen molar-refractivity contribution in [3.05, 3.63) is 0 Å². The molecule has 0 aliphatic heterocycles. The number of carbonyl (C=O) groups is 1. The number of ether oxygens (including phenoxy) is 2. The fourth-order valence-corrected chi connectivity index (χ4v) is 2.83. The van der Waals surface area contributed by atoms with Crippen molar-refractivity contribution < 1.29 is 14.3 Å². The molecule has 116 valence electrons. The third kappa shape index (κ3) is 4.68. The van der Waals surface area contributed by atoms with E-state index >= 15 is 0 Å². The second-order valence-electron chi connectivity index (χ2n) is 5.53. The number of nitrogens with one attached hydrogen (secondary N) is 1. The van der Waals surface area contributed by atoms with E-state index in [1.807, 2.05) is 0 Å². The van der Waals surface area contributed by atoms with Crippen molar-refractivity contribution in [2.24, 2.45) is 17.1 Å². The van der Waals surface area contributed by atoms with Crippen LogP contribution in [0.1, 0.15) is 32.6 Å². The predicted molar refractivity (Wildman–Crippen MR) is 82.6 cm³/mol. The molecule has 1 amide bonds. The lowest BCUT2D eigenvalue weighted by Crippen LogP contribution is -2.56. The van der Waals surface area contributed by atoms with Crippen molar-refractivity contribution in [2.75, 3.05) is 33.5 Å². The zero-order chi connectivity index (χ0) is 15.0. The van der Waals surface area contributed by atoms with E-state index in [2.05, 4.69) is 12.2 Å². The van der Waals surface area contributed by atoms with Crippen LogP contribution < -0.4 is 11.1 Å². The molecular weight excluding hydrogens is 276 g/mol. The van der Waals surface area contributed by atoms with Crippen molar-refractivity contribution in [3.63, 3.8) is 0 Å². The molecule has 5 nitrogen and oxygen atoms in total. The lowest BCUT2D eigenvalue weighted by atomic mass is 9.62. The fraction of sp³-hybridized carbons (Fsp3) is 0.857. The van der Waals surface area contributed by atoms with Crippen LogP contribution in [0.2, 0.25) is 0 Å². The maximum Gasteiger partial charge on any atom is 0.233 e. The SMILES string of the molecule is COCCOCCCCNC(=O)C1(C(N)=S)CC(C)C1. The molecule has 1 saturated carbocycles. The molecule has 0 saturated heterocycles. The highest BCUT2D eigenvalue weighted by atomic mass is 32.1. The van der Waals surface area contributed by atoms with E-state index < -0.39 is 5.41 Å². The van der Waals surface area contributed by atoms with E-state index in [-0.39, 0.29) is 5.91 Å². The van der Waals surface area contributed by atoms with Crippen molar-refractivity contribution in [2.45, 2.75) is 32.6 Å². The summed E-state index contributed by atoms with van der Waals surface area (Å²) in [6.45, 7) is 4.68. The summed E-state index contributed by atoms with van der Waals surface area (Å²) < 4.78 is 10.2. The Morgan fingerprint density at radius 1 is 1.35 bits per heavy atom. The van der Waals surface area contributed by atoms with Crippen molar-refractivity contribution in [1.29, 1.82) is 0 Å². The summed E-state index contributed by atoms with van der Waals surface area (Å²) >= 11 is 5.06. The Labute approximate surface area is 126 Å². The first-order valence-corrected chi connectivity index (χ1v) is 7.58. The molecule has 20 heavy (non-hydrogen) atoms. The molecule has 1 rings (SSSR count). The standard InChI is InChI=1S/C14H26N2O3S/c1-11-9-14(10-11,12(15)20)13(17)16-5-3-4-6-19-8-7-18-2/h11H,3-10H2,1-2H3,(H2,15,20)(H,16,17). The Morgan fingerprint density at radius 3 is 2.60 bits per heavy atom. The van der Waals surface area contributed by atoms with Gasteiger partial charge in [-0.15, -0.1) is 0 Å². The van der Waals surface area contributed by atoms with Gasteiger partial charge in [-0.2, -0.15) is 0 Å². The second-order valence-corrected chi connectivity index (χ2v) is 5.97. The maximum absolute atomic E-state index is 12.2. The Kier molecular flexibility index (Phi) is 7.40. The molecule has 3 N–H and O–H groups in total. The number of amides is 1.